The molecule has 0 radical (unpaired) electrons. The number of esters is 1. The molecule has 14 heteroatoms. The van der Waals surface area contributed by atoms with Gasteiger partial charge in [0.15, 0.2) is 18.7 Å². The summed E-state index contributed by atoms with van der Waals surface area (Å²) in [7, 11) is 0. The van der Waals surface area contributed by atoms with E-state index < -0.39 is 68.4 Å². The van der Waals surface area contributed by atoms with E-state index in [9.17, 15) is 40.5 Å². The Morgan fingerprint density at radius 2 is 1.34 bits per heavy atom. The monoisotopic (exact) mass is 692 g/mol. The van der Waals surface area contributed by atoms with E-state index in [4.69, 9.17) is 18.9 Å². The molecule has 5 rings (SSSR count). The van der Waals surface area contributed by atoms with Gasteiger partial charge in [-0.05, 0) is 35.0 Å². The van der Waals surface area contributed by atoms with Crippen LogP contribution in [0.3, 0.4) is 0 Å². The molecule has 266 valence electrons. The Labute approximate surface area is 287 Å². The molecule has 0 unspecified atom stereocenters. The van der Waals surface area contributed by atoms with Crippen LogP contribution in [-0.2, 0) is 23.7 Å². The summed E-state index contributed by atoms with van der Waals surface area (Å²) in [6, 6.07) is 20.8. The minimum atomic E-state index is -1.72. The van der Waals surface area contributed by atoms with E-state index in [0.717, 1.165) is 12.3 Å². The molecule has 50 heavy (non-hydrogen) atoms. The van der Waals surface area contributed by atoms with Gasteiger partial charge in [0, 0.05) is 41.3 Å². The summed E-state index contributed by atoms with van der Waals surface area (Å²) >= 11 is 0. The second-order valence-corrected chi connectivity index (χ2v) is 11.7. The summed E-state index contributed by atoms with van der Waals surface area (Å²) in [6.45, 7) is -0.764. The second-order valence-electron chi connectivity index (χ2n) is 11.7. The van der Waals surface area contributed by atoms with Crippen LogP contribution >= 0.6 is 0 Å². The average molecular weight is 693 g/mol. The van der Waals surface area contributed by atoms with Gasteiger partial charge in [-0.1, -0.05) is 48.5 Å². The Hall–Kier alpha value is -4.51. The molecule has 0 aromatic heterocycles. The van der Waals surface area contributed by atoms with Crippen LogP contribution in [0.4, 0.5) is 0 Å². The van der Waals surface area contributed by atoms with Crippen molar-refractivity contribution in [3.8, 4) is 11.5 Å². The number of fused-ring (bicyclic) bond motifs is 2. The number of ether oxygens (including phenoxy) is 4. The van der Waals surface area contributed by atoms with Crippen molar-refractivity contribution in [3.05, 3.63) is 83.9 Å². The molecule has 1 aliphatic rings. The van der Waals surface area contributed by atoms with Crippen LogP contribution in [0.25, 0.3) is 21.5 Å². The van der Waals surface area contributed by atoms with Crippen LogP contribution in [0.1, 0.15) is 18.1 Å². The number of hydrogen-bond acceptors (Lipinski definition) is 14. The van der Waals surface area contributed by atoms with Crippen molar-refractivity contribution in [3.63, 3.8) is 0 Å². The summed E-state index contributed by atoms with van der Waals surface area (Å²) in [5, 5.41) is 75.6. The summed E-state index contributed by atoms with van der Waals surface area (Å²) in [5.41, 5.74) is 1.34. The molecule has 0 saturated carbocycles. The molecule has 4 aromatic carbocycles. The molecule has 0 amide bonds. The van der Waals surface area contributed by atoms with Crippen molar-refractivity contribution in [2.75, 3.05) is 26.3 Å². The first-order valence-corrected chi connectivity index (χ1v) is 15.9. The number of phenols is 2. The quantitative estimate of drug-likeness (QED) is 0.0567. The summed E-state index contributed by atoms with van der Waals surface area (Å²) in [4.78, 5) is 20.5. The lowest BCUT2D eigenvalue weighted by atomic mass is 9.99. The highest BCUT2D eigenvalue weighted by atomic mass is 16.7. The molecule has 14 nitrogen and oxygen atoms in total. The maximum atomic E-state index is 11.7. The average Bonchev–Trinajstić information content (AvgIpc) is 3.11. The fraction of sp³-hybridized carbons (Fsp3) is 0.361. The van der Waals surface area contributed by atoms with Gasteiger partial charge in [-0.2, -0.15) is 0 Å². The van der Waals surface area contributed by atoms with Crippen molar-refractivity contribution < 1.29 is 59.5 Å². The van der Waals surface area contributed by atoms with Gasteiger partial charge in [0.05, 0.1) is 26.3 Å². The van der Waals surface area contributed by atoms with E-state index in [2.05, 4.69) is 9.98 Å². The number of hydrogen-bond donors (Lipinski definition) is 7. The Balaban J connectivity index is 1.36. The topological polar surface area (TPSA) is 220 Å². The third kappa shape index (κ3) is 8.61. The number of carbonyl (C=O) groups is 1. The molecule has 4 aromatic rings. The maximum Gasteiger partial charge on any atom is 0.303 e. The number of rotatable bonds is 14. The summed E-state index contributed by atoms with van der Waals surface area (Å²) < 4.78 is 22.5. The van der Waals surface area contributed by atoms with Crippen molar-refractivity contribution in [1.82, 2.24) is 0 Å². The van der Waals surface area contributed by atoms with Crippen LogP contribution in [0.2, 0.25) is 0 Å². The Morgan fingerprint density at radius 3 is 1.86 bits per heavy atom. The van der Waals surface area contributed by atoms with Crippen molar-refractivity contribution in [1.29, 1.82) is 0 Å². The third-order valence-corrected chi connectivity index (χ3v) is 8.24. The molecule has 1 heterocycles. The molecule has 7 N–H and O–H groups in total. The molecular formula is C36H40N2O12. The fourth-order valence-corrected chi connectivity index (χ4v) is 5.74. The van der Waals surface area contributed by atoms with Crippen molar-refractivity contribution in [2.45, 2.75) is 56.1 Å². The lowest BCUT2D eigenvalue weighted by molar-refractivity contribution is -0.322. The standard InChI is InChI=1S/C36H40N2O12/c1-20(41)47-35-33(45)31(19-40)50-36(34(35)46)49-29(16-37-14-21-10-12-27(42)25-8-4-2-6-23(21)25)30(18-39)48-32(44)17-38-15-22-11-13-28(43)26-9-5-3-7-24(22)26/h2-15,29-36,39-40,42-46H,16-19H2,1H3/t29-,30-,31+,32+,33+,34+,35-,36+/m1/s1. The van der Waals surface area contributed by atoms with Gasteiger partial charge in [-0.25, -0.2) is 0 Å². The normalized spacial score (nSPS) is 23.0. The van der Waals surface area contributed by atoms with E-state index in [1.165, 1.54) is 24.6 Å². The van der Waals surface area contributed by atoms with E-state index in [0.29, 0.717) is 27.3 Å². The van der Waals surface area contributed by atoms with Gasteiger partial charge in [-0.15, -0.1) is 0 Å². The zero-order valence-electron chi connectivity index (χ0n) is 27.1. The van der Waals surface area contributed by atoms with Gasteiger partial charge < -0.3 is 54.7 Å². The van der Waals surface area contributed by atoms with E-state index in [1.54, 1.807) is 36.4 Å². The molecule has 1 saturated heterocycles. The van der Waals surface area contributed by atoms with Gasteiger partial charge in [0.2, 0.25) is 0 Å². The predicted molar refractivity (Wildman–Crippen MR) is 182 cm³/mol. The molecule has 0 aliphatic carbocycles. The molecule has 1 fully saturated rings. The summed E-state index contributed by atoms with van der Waals surface area (Å²) in [6.07, 6.45) is -8.69. The lowest BCUT2D eigenvalue weighted by Gasteiger charge is -2.42. The van der Waals surface area contributed by atoms with Gasteiger partial charge in [0.25, 0.3) is 0 Å². The highest BCUT2D eigenvalue weighted by Crippen LogP contribution is 2.29. The Kier molecular flexibility index (Phi) is 12.5. The van der Waals surface area contributed by atoms with E-state index >= 15 is 0 Å². The molecule has 1 aliphatic heterocycles. The van der Waals surface area contributed by atoms with Crippen molar-refractivity contribution in [2.24, 2.45) is 9.98 Å². The van der Waals surface area contributed by atoms with Crippen LogP contribution in [0.15, 0.2) is 82.8 Å². The van der Waals surface area contributed by atoms with Crippen LogP contribution in [0.5, 0.6) is 11.5 Å². The van der Waals surface area contributed by atoms with Crippen molar-refractivity contribution >= 4 is 39.9 Å². The number of aliphatic imine (C=N–C) groups is 2. The largest absolute Gasteiger partial charge is 0.507 e. The Bertz CT molecular complexity index is 1820. The van der Waals surface area contributed by atoms with Crippen LogP contribution < -0.4 is 0 Å². The minimum absolute atomic E-state index is 0.0920. The minimum Gasteiger partial charge on any atom is -0.507 e. The number of nitrogens with zero attached hydrogens (tertiary/aromatic N) is 2. The zero-order valence-corrected chi connectivity index (χ0v) is 27.1. The van der Waals surface area contributed by atoms with Crippen LogP contribution in [-0.4, -0.2) is 130 Å². The Morgan fingerprint density at radius 1 is 0.800 bits per heavy atom. The van der Waals surface area contributed by atoms with E-state index in [-0.39, 0.29) is 24.6 Å². The number of benzene rings is 4. The smallest absolute Gasteiger partial charge is 0.303 e. The molecule has 8 atom stereocenters. The lowest BCUT2D eigenvalue weighted by Crippen LogP contribution is -2.61. The SMILES string of the molecule is CC(=O)O[C@H]1[C@H](O)[C@@H](O[C@H](CN=Cc2ccc(O)c3ccccc23)[C@@H](CO)O[C@H](O)CN=Cc2ccc(O)c3ccccc23)O[C@@H](CO)[C@@H]1O. The predicted octanol–water partition coefficient (Wildman–Crippen LogP) is 1.39. The maximum absolute atomic E-state index is 11.7. The first-order valence-electron chi connectivity index (χ1n) is 15.9. The first kappa shape index (κ1) is 36.8. The first-order chi connectivity index (χ1) is 24.1. The third-order valence-electron chi connectivity index (χ3n) is 8.24. The summed E-state index contributed by atoms with van der Waals surface area (Å²) in [5.74, 6) is -0.590. The van der Waals surface area contributed by atoms with Gasteiger partial charge in [0.1, 0.15) is 42.0 Å². The highest BCUT2D eigenvalue weighted by molar-refractivity contribution is 6.03. The van der Waals surface area contributed by atoms with Gasteiger partial charge in [-0.3, -0.25) is 14.8 Å². The number of aliphatic hydroxyl groups is 5. The molecule has 0 bridgehead atoms. The number of phenolic OH excluding ortho intramolecular Hbond substituents is 2. The fourth-order valence-electron chi connectivity index (χ4n) is 5.74. The number of aromatic hydroxyl groups is 2. The molecular weight excluding hydrogens is 652 g/mol. The van der Waals surface area contributed by atoms with Crippen LogP contribution in [0, 0.1) is 0 Å². The highest BCUT2D eigenvalue weighted by Gasteiger charge is 2.48. The number of carbonyl (C=O) groups excluding carboxylic acids is 1. The molecule has 0 spiro atoms. The second kappa shape index (κ2) is 16.9. The van der Waals surface area contributed by atoms with Gasteiger partial charge >= 0.3 is 5.97 Å². The zero-order chi connectivity index (χ0) is 35.8. The number of aliphatic hydroxyl groups excluding tert-OH is 5. The van der Waals surface area contributed by atoms with E-state index in [1.807, 2.05) is 24.3 Å².